The molecule has 0 bridgehead atoms. The third kappa shape index (κ3) is 6.89. The summed E-state index contributed by atoms with van der Waals surface area (Å²) in [4.78, 5) is 32.1. The van der Waals surface area contributed by atoms with E-state index in [9.17, 15) is 9.59 Å². The Balaban J connectivity index is 1.23. The molecule has 5 nitrogen and oxygen atoms in total. The van der Waals surface area contributed by atoms with Gasteiger partial charge in [0, 0.05) is 30.1 Å². The number of nitrogens with one attached hydrogen (secondary N) is 1. The molecule has 40 heavy (non-hydrogen) atoms. The highest BCUT2D eigenvalue weighted by molar-refractivity contribution is 8.04. The van der Waals surface area contributed by atoms with Crippen molar-refractivity contribution in [1.29, 1.82) is 0 Å². The van der Waals surface area contributed by atoms with Crippen molar-refractivity contribution < 1.29 is 9.59 Å². The van der Waals surface area contributed by atoms with Crippen molar-refractivity contribution in [1.82, 2.24) is 10.2 Å². The van der Waals surface area contributed by atoms with Gasteiger partial charge in [-0.1, -0.05) is 96.2 Å². The summed E-state index contributed by atoms with van der Waals surface area (Å²) in [6.07, 6.45) is 1.91. The molecule has 4 aromatic carbocycles. The van der Waals surface area contributed by atoms with Crippen LogP contribution in [0.1, 0.15) is 32.6 Å². The number of anilines is 1. The number of para-hydroxylation sites is 1. The highest BCUT2D eigenvalue weighted by Crippen LogP contribution is 2.42. The summed E-state index contributed by atoms with van der Waals surface area (Å²) in [6, 6.07) is 34.0. The van der Waals surface area contributed by atoms with Crippen LogP contribution in [0.4, 0.5) is 5.69 Å². The first-order chi connectivity index (χ1) is 19.5. The Morgan fingerprint density at radius 1 is 0.900 bits per heavy atom. The first kappa shape index (κ1) is 27.4. The van der Waals surface area contributed by atoms with Gasteiger partial charge in [-0.3, -0.25) is 9.59 Å². The predicted molar refractivity (Wildman–Crippen MR) is 164 cm³/mol. The molecule has 1 N–H and O–H groups in total. The van der Waals surface area contributed by atoms with Gasteiger partial charge in [-0.25, -0.2) is 0 Å². The number of fused-ring (bicyclic) bond motifs is 1. The van der Waals surface area contributed by atoms with Gasteiger partial charge in [0.1, 0.15) is 0 Å². The van der Waals surface area contributed by atoms with Crippen LogP contribution in [0.25, 0.3) is 6.08 Å². The zero-order chi connectivity index (χ0) is 27.9. The molecule has 0 unspecified atom stereocenters. The molecule has 0 radical (unpaired) electrons. The second kappa shape index (κ2) is 12.8. The third-order valence-electron chi connectivity index (χ3n) is 6.80. The number of nitrogens with zero attached hydrogens (tertiary/aromatic N) is 2. The Hall–Kier alpha value is -4.13. The van der Waals surface area contributed by atoms with Crippen LogP contribution in [-0.2, 0) is 17.9 Å². The Kier molecular flexibility index (Phi) is 8.79. The number of carbonyl (C=O) groups excluding carboxylic acids is 2. The van der Waals surface area contributed by atoms with Crippen molar-refractivity contribution in [3.8, 4) is 0 Å². The first-order valence-electron chi connectivity index (χ1n) is 13.4. The number of likely N-dealkylation sites (N-methyl/N-ethyl adjacent to an activating group) is 1. The number of aryl methyl sites for hydroxylation is 1. The first-order valence-corrected chi connectivity index (χ1v) is 14.2. The monoisotopic (exact) mass is 547 g/mol. The van der Waals surface area contributed by atoms with Crippen molar-refractivity contribution in [3.63, 3.8) is 0 Å². The molecular formula is C34H33N3O2S. The second-order valence-corrected chi connectivity index (χ2v) is 11.1. The lowest BCUT2D eigenvalue weighted by molar-refractivity contribution is -0.114. The number of amides is 2. The smallest absolute Gasteiger partial charge is 0.265 e. The van der Waals surface area contributed by atoms with E-state index >= 15 is 0 Å². The molecule has 0 saturated carbocycles. The van der Waals surface area contributed by atoms with E-state index in [1.54, 1.807) is 0 Å². The average Bonchev–Trinajstić information content (AvgIpc) is 2.96. The Bertz CT molecular complexity index is 1520. The Morgan fingerprint density at radius 3 is 2.40 bits per heavy atom. The maximum absolute atomic E-state index is 13.6. The van der Waals surface area contributed by atoms with Crippen LogP contribution < -0.4 is 10.2 Å². The fourth-order valence-electron chi connectivity index (χ4n) is 4.73. The quantitative estimate of drug-likeness (QED) is 0.242. The lowest BCUT2D eigenvalue weighted by Gasteiger charge is -2.30. The van der Waals surface area contributed by atoms with E-state index in [0.717, 1.165) is 34.8 Å². The molecule has 202 valence electrons. The van der Waals surface area contributed by atoms with E-state index in [2.05, 4.69) is 47.5 Å². The molecule has 1 aliphatic rings. The SMILES string of the molecule is Cc1cccc(CN2C(=O)C(=Cc3ccc(C(=O)NCCN(C)Cc4ccccc4)cc3)Sc3ccccc32)c1. The van der Waals surface area contributed by atoms with Crippen LogP contribution in [0.2, 0.25) is 0 Å². The van der Waals surface area contributed by atoms with Crippen LogP contribution in [0, 0.1) is 6.92 Å². The molecule has 4 aromatic rings. The predicted octanol–water partition coefficient (Wildman–Crippen LogP) is 6.54. The van der Waals surface area contributed by atoms with E-state index in [1.807, 2.05) is 90.8 Å². The fourth-order valence-corrected chi connectivity index (χ4v) is 5.79. The van der Waals surface area contributed by atoms with Crippen LogP contribution in [0.3, 0.4) is 0 Å². The molecular weight excluding hydrogens is 514 g/mol. The van der Waals surface area contributed by atoms with Gasteiger partial charge >= 0.3 is 0 Å². The van der Waals surface area contributed by atoms with E-state index in [1.165, 1.54) is 22.9 Å². The molecule has 0 aromatic heterocycles. The maximum Gasteiger partial charge on any atom is 0.265 e. The number of hydrogen-bond acceptors (Lipinski definition) is 4. The Morgan fingerprint density at radius 2 is 1.62 bits per heavy atom. The van der Waals surface area contributed by atoms with E-state index in [4.69, 9.17) is 0 Å². The van der Waals surface area contributed by atoms with Gasteiger partial charge in [-0.05, 0) is 61.0 Å². The zero-order valence-electron chi connectivity index (χ0n) is 22.8. The molecule has 1 aliphatic heterocycles. The van der Waals surface area contributed by atoms with Gasteiger partial charge in [0.15, 0.2) is 0 Å². The number of thioether (sulfide) groups is 1. The van der Waals surface area contributed by atoms with E-state index in [-0.39, 0.29) is 11.8 Å². The molecule has 0 fully saturated rings. The number of rotatable bonds is 9. The normalized spacial score (nSPS) is 13.9. The number of carbonyl (C=O) groups is 2. The zero-order valence-corrected chi connectivity index (χ0v) is 23.7. The Labute approximate surface area is 240 Å². The average molecular weight is 548 g/mol. The van der Waals surface area contributed by atoms with Gasteiger partial charge < -0.3 is 15.1 Å². The minimum Gasteiger partial charge on any atom is -0.351 e. The van der Waals surface area contributed by atoms with E-state index in [0.29, 0.717) is 23.6 Å². The molecule has 0 atom stereocenters. The molecule has 0 spiro atoms. The summed E-state index contributed by atoms with van der Waals surface area (Å²) in [5, 5.41) is 3.01. The summed E-state index contributed by atoms with van der Waals surface area (Å²) in [5.41, 5.74) is 5.92. The van der Waals surface area contributed by atoms with Gasteiger partial charge in [-0.15, -0.1) is 0 Å². The molecule has 0 aliphatic carbocycles. The summed E-state index contributed by atoms with van der Waals surface area (Å²) in [6.45, 7) is 4.73. The fraction of sp³-hybridized carbons (Fsp3) is 0.176. The van der Waals surface area contributed by atoms with Crippen molar-refractivity contribution in [2.75, 3.05) is 25.0 Å². The number of benzene rings is 4. The third-order valence-corrected chi connectivity index (χ3v) is 7.88. The summed E-state index contributed by atoms with van der Waals surface area (Å²) in [5.74, 6) is -0.125. The van der Waals surface area contributed by atoms with E-state index < -0.39 is 0 Å². The van der Waals surface area contributed by atoms with Crippen LogP contribution >= 0.6 is 11.8 Å². The van der Waals surface area contributed by atoms with Crippen LogP contribution in [0.5, 0.6) is 0 Å². The van der Waals surface area contributed by atoms with Gasteiger partial charge in [-0.2, -0.15) is 0 Å². The molecule has 5 rings (SSSR count). The second-order valence-electron chi connectivity index (χ2n) is 10.1. The van der Waals surface area contributed by atoms with Crippen molar-refractivity contribution >= 4 is 35.3 Å². The van der Waals surface area contributed by atoms with Crippen molar-refractivity contribution in [2.24, 2.45) is 0 Å². The van der Waals surface area contributed by atoms with Crippen LogP contribution in [-0.4, -0.2) is 36.9 Å². The van der Waals surface area contributed by atoms with Gasteiger partial charge in [0.25, 0.3) is 11.8 Å². The summed E-state index contributed by atoms with van der Waals surface area (Å²) < 4.78 is 0. The lowest BCUT2D eigenvalue weighted by atomic mass is 10.1. The maximum atomic E-state index is 13.6. The molecule has 2 amide bonds. The minimum atomic E-state index is -0.103. The van der Waals surface area contributed by atoms with Crippen molar-refractivity contribution in [3.05, 3.63) is 136 Å². The highest BCUT2D eigenvalue weighted by Gasteiger charge is 2.29. The standard InChI is InChI=1S/C34H33N3O2S/c1-25-9-8-12-28(21-25)24-37-30-13-6-7-14-31(30)40-32(34(37)39)22-26-15-17-29(18-16-26)33(38)35-19-20-36(2)23-27-10-4-3-5-11-27/h3-18,21-22H,19-20,23-24H2,1-2H3,(H,35,38). The molecule has 1 heterocycles. The van der Waals surface area contributed by atoms with Crippen LogP contribution in [0.15, 0.2) is 113 Å². The summed E-state index contributed by atoms with van der Waals surface area (Å²) >= 11 is 1.49. The summed E-state index contributed by atoms with van der Waals surface area (Å²) in [7, 11) is 2.05. The van der Waals surface area contributed by atoms with Gasteiger partial charge in [0.05, 0.1) is 17.1 Å². The lowest BCUT2D eigenvalue weighted by Crippen LogP contribution is -2.33. The number of hydrogen-bond donors (Lipinski definition) is 1. The largest absolute Gasteiger partial charge is 0.351 e. The van der Waals surface area contributed by atoms with Gasteiger partial charge in [0.2, 0.25) is 0 Å². The molecule has 6 heteroatoms. The molecule has 0 saturated heterocycles. The highest BCUT2D eigenvalue weighted by atomic mass is 32.2. The topological polar surface area (TPSA) is 52.7 Å². The van der Waals surface area contributed by atoms with Crippen molar-refractivity contribution in [2.45, 2.75) is 24.9 Å². The minimum absolute atomic E-state index is 0.0216.